The summed E-state index contributed by atoms with van der Waals surface area (Å²) >= 11 is 0. The molecule has 3 aliphatic carbocycles. The molecular formula is C87H98N14O17S. The van der Waals surface area contributed by atoms with Crippen LogP contribution in [0.25, 0.3) is 0 Å². The summed E-state index contributed by atoms with van der Waals surface area (Å²) in [5, 5.41) is 12.9. The third-order valence-electron chi connectivity index (χ3n) is 22.0. The number of benzene rings is 5. The number of piperazine rings is 2. The van der Waals surface area contributed by atoms with Gasteiger partial charge >= 0.3 is 0 Å². The van der Waals surface area contributed by atoms with Crippen LogP contribution in [0.5, 0.6) is 23.0 Å². The van der Waals surface area contributed by atoms with Gasteiger partial charge in [-0.1, -0.05) is 37.3 Å². The number of nitriles is 1. The number of carbonyl (C=O) groups is 8. The Morgan fingerprint density at radius 3 is 1.57 bits per heavy atom. The van der Waals surface area contributed by atoms with E-state index < -0.39 is 57.6 Å². The summed E-state index contributed by atoms with van der Waals surface area (Å²) in [4.78, 5) is 136. The van der Waals surface area contributed by atoms with Gasteiger partial charge in [-0.2, -0.15) is 13.7 Å². The van der Waals surface area contributed by atoms with Crippen molar-refractivity contribution in [1.82, 2.24) is 45.3 Å². The fourth-order valence-corrected chi connectivity index (χ4v) is 16.0. The number of ketones is 2. The van der Waals surface area contributed by atoms with Crippen LogP contribution in [0.1, 0.15) is 180 Å². The van der Waals surface area contributed by atoms with Crippen molar-refractivity contribution in [2.24, 2.45) is 9.98 Å². The number of fused-ring (bicyclic) bond motifs is 4. The monoisotopic (exact) mass is 1640 g/mol. The Bertz CT molecular complexity index is 5280. The Morgan fingerprint density at radius 2 is 1.05 bits per heavy atom. The number of nitrogens with zero attached hydrogens (tertiary/aromatic N) is 12. The molecule has 0 radical (unpaired) electrons. The van der Waals surface area contributed by atoms with Gasteiger partial charge in [-0.05, 0) is 157 Å². The first-order valence-electron chi connectivity index (χ1n) is 39.8. The Labute approximate surface area is 691 Å². The smallest absolute Gasteiger partial charge is 0.297 e. The third-order valence-corrected chi connectivity index (χ3v) is 23.4. The van der Waals surface area contributed by atoms with E-state index in [1.807, 2.05) is 19.1 Å². The molecule has 6 fully saturated rings. The predicted octanol–water partition coefficient (Wildman–Crippen LogP) is 8.57. The van der Waals surface area contributed by atoms with Gasteiger partial charge in [0.1, 0.15) is 83.5 Å². The van der Waals surface area contributed by atoms with Crippen LogP contribution in [0.4, 0.5) is 11.6 Å². The zero-order valence-corrected chi connectivity index (χ0v) is 67.6. The fourth-order valence-electron chi connectivity index (χ4n) is 15.1. The molecule has 2 N–H and O–H groups in total. The number of carbonyl (C=O) groups excluding carboxylic acids is 8. The number of nitrogens with one attached hydrogen (secondary N) is 2. The first kappa shape index (κ1) is 85.3. The van der Waals surface area contributed by atoms with E-state index in [1.165, 1.54) is 54.4 Å². The fraction of sp³-hybridized carbons (Fsp3) is 0.437. The zero-order chi connectivity index (χ0) is 83.0. The number of ether oxygens (including phenoxy) is 6. The molecule has 7 aromatic rings. The van der Waals surface area contributed by atoms with Gasteiger partial charge in [0.2, 0.25) is 11.8 Å². The van der Waals surface area contributed by atoms with Crippen LogP contribution in [-0.4, -0.2) is 229 Å². The minimum Gasteiger partial charge on any atom is -0.491 e. The van der Waals surface area contributed by atoms with Crippen LogP contribution in [0.15, 0.2) is 137 Å². The largest absolute Gasteiger partial charge is 0.491 e. The lowest BCUT2D eigenvalue weighted by molar-refractivity contribution is -0.136. The first-order valence-corrected chi connectivity index (χ1v) is 41.2. The van der Waals surface area contributed by atoms with Crippen LogP contribution in [-0.2, 0) is 56.0 Å². The zero-order valence-electron chi connectivity index (χ0n) is 66.7. The highest BCUT2D eigenvalue weighted by atomic mass is 32.2. The molecule has 9 heterocycles. The average Bonchev–Trinajstić information content (AvgIpc) is 1.63. The van der Waals surface area contributed by atoms with E-state index in [-0.39, 0.29) is 129 Å². The number of hydrogen-bond acceptors (Lipinski definition) is 28. The number of anilines is 2. The minimum atomic E-state index is -3.86. The molecule has 0 spiro atoms. The van der Waals surface area contributed by atoms with Crippen molar-refractivity contribution in [3.05, 3.63) is 183 Å². The number of rotatable bonds is 26. The lowest BCUT2D eigenvalue weighted by atomic mass is 9.92. The number of aliphatic imine (C=N–C) groups is 2. The SMILES string of the molecule is C.CC#N.C[C@H]1CN(c2cc(C3=NCc4ccc(OC5(C)CC5)cc43)ncn2)CCN1.C[C@H]1CN(c2cc(C3=NCc4ccc(OC5(C)CC5)cc43)ncn2)CCN1CCOCCOc1ccc2c(c1)C(=O)N(C1CCC(=O)CC1=O)C2=O.Cc1ccc(S(=O)(=O)OCCOCCOc2ccc3c(c2)C(=O)N(C2CCC(=O)NC2=O)C3=O)cc1. The van der Waals surface area contributed by atoms with Gasteiger partial charge in [0.15, 0.2) is 5.78 Å². The van der Waals surface area contributed by atoms with Gasteiger partial charge in [-0.3, -0.25) is 72.5 Å². The second-order valence-corrected chi connectivity index (χ2v) is 32.7. The lowest BCUT2D eigenvalue weighted by Crippen LogP contribution is -2.54. The molecule has 3 saturated carbocycles. The molecule has 2 aromatic heterocycles. The molecule has 32 heteroatoms. The molecule has 31 nitrogen and oxygen atoms in total. The number of amides is 6. The van der Waals surface area contributed by atoms with Gasteiger partial charge in [0, 0.05) is 101 Å². The van der Waals surface area contributed by atoms with Gasteiger partial charge in [-0.25, -0.2) is 19.9 Å². The van der Waals surface area contributed by atoms with E-state index in [9.17, 15) is 46.8 Å². The second kappa shape index (κ2) is 37.1. The van der Waals surface area contributed by atoms with Crippen LogP contribution in [0.3, 0.4) is 0 Å². The minimum absolute atomic E-state index is 0. The van der Waals surface area contributed by atoms with Crippen LogP contribution >= 0.6 is 0 Å². The van der Waals surface area contributed by atoms with Crippen LogP contribution < -0.4 is 39.4 Å². The number of piperidine rings is 1. The molecule has 10 aliphatic rings. The molecule has 0 bridgehead atoms. The van der Waals surface area contributed by atoms with Crippen molar-refractivity contribution in [3.8, 4) is 29.1 Å². The average molecular weight is 1640 g/mol. The van der Waals surface area contributed by atoms with Crippen molar-refractivity contribution in [1.29, 1.82) is 5.26 Å². The summed E-state index contributed by atoms with van der Waals surface area (Å²) in [5.74, 6) is 0.510. The number of aryl methyl sites for hydroxylation is 1. The predicted molar refractivity (Wildman–Crippen MR) is 438 cm³/mol. The molecule has 4 atom stereocenters. The number of aromatic nitrogens is 4. The Kier molecular flexibility index (Phi) is 26.6. The normalized spacial score (nSPS) is 20.4. The highest BCUT2D eigenvalue weighted by Crippen LogP contribution is 2.43. The van der Waals surface area contributed by atoms with Gasteiger partial charge < -0.3 is 43.5 Å². The molecule has 6 amide bonds. The maximum absolute atomic E-state index is 13.1. The van der Waals surface area contributed by atoms with E-state index in [4.69, 9.17) is 47.9 Å². The van der Waals surface area contributed by atoms with E-state index >= 15 is 0 Å². The van der Waals surface area contributed by atoms with Crippen molar-refractivity contribution in [2.45, 2.75) is 160 Å². The number of Topliss-reactive ketones (excluding diaryl/α,β-unsaturated/α-hetero) is 2. The standard InChI is InChI=1S/C39H42N6O7.C24H24N2O9S.C21H25N5O.C2H3N.CH4/c1-24-22-44(35-20-32(41-23-42-35)36-30-19-28(52-39(2)9-10-39)5-3-25(30)21-40-36)12-11-43(24)13-14-50-15-16-51-27-6-7-29-31(18-27)38(49)45(37(29)48)33-8-4-26(46)17-34(33)47;1-15-2-5-17(6-3-15)36(31,32)35-13-11-33-10-12-34-16-4-7-18-19(14-16)24(30)26(23(18)29)20-8-9-21(27)25-22(20)28;1-14-12-26(8-7-22-14)19-10-18(24-13-25-19)20-17-9-16(27-21(2)5-6-21)4-3-15(17)11-23-20;1-2-3;/h3,5-7,18-20,23-24,33H,4,8-17,21-22H2,1-2H3;2-7,14,20H,8-13H2,1H3,(H,25,27,28);3-4,9-10,13-14,22H,5-8,11-12H2,1-2H3;1H3;1H4/t24-,33?;;14-;;/m0.0../s1. The maximum atomic E-state index is 13.1. The van der Waals surface area contributed by atoms with Gasteiger partial charge in [0.25, 0.3) is 33.7 Å². The number of hydrogen-bond donors (Lipinski definition) is 2. The van der Waals surface area contributed by atoms with Crippen LogP contribution in [0, 0.1) is 18.3 Å². The first-order chi connectivity index (χ1) is 56.8. The summed E-state index contributed by atoms with van der Waals surface area (Å²) in [5.41, 5.74) is 9.78. The van der Waals surface area contributed by atoms with E-state index in [2.05, 4.69) is 109 Å². The Hall–Kier alpha value is -11.6. The molecule has 17 rings (SSSR count). The Morgan fingerprint density at radius 1 is 0.555 bits per heavy atom. The molecule has 3 saturated heterocycles. The quantitative estimate of drug-likeness (QED) is 0.0222. The van der Waals surface area contributed by atoms with Crippen molar-refractivity contribution < 1.29 is 79.4 Å². The summed E-state index contributed by atoms with van der Waals surface area (Å²) in [7, 11) is -3.86. The highest BCUT2D eigenvalue weighted by Gasteiger charge is 2.47. The highest BCUT2D eigenvalue weighted by molar-refractivity contribution is 7.86. The Balaban J connectivity index is 0.000000160. The maximum Gasteiger partial charge on any atom is 0.297 e. The van der Waals surface area contributed by atoms with Gasteiger partial charge in [-0.15, -0.1) is 0 Å². The van der Waals surface area contributed by atoms with Gasteiger partial charge in [0.05, 0.1) is 115 Å². The molecule has 2 unspecified atom stereocenters. The molecular weight excluding hydrogens is 1550 g/mol. The van der Waals surface area contributed by atoms with E-state index in [0.717, 1.165) is 144 Å². The second-order valence-electron chi connectivity index (χ2n) is 31.0. The summed E-state index contributed by atoms with van der Waals surface area (Å²) in [6.07, 6.45) is 7.94. The number of imide groups is 3. The molecule has 7 aliphatic heterocycles. The van der Waals surface area contributed by atoms with E-state index in [1.54, 1.807) is 43.0 Å². The van der Waals surface area contributed by atoms with Crippen LogP contribution in [0.2, 0.25) is 0 Å². The molecule has 624 valence electrons. The van der Waals surface area contributed by atoms with Crippen molar-refractivity contribution in [2.75, 3.05) is 102 Å². The summed E-state index contributed by atoms with van der Waals surface area (Å²) in [6.45, 7) is 20.8. The summed E-state index contributed by atoms with van der Waals surface area (Å²) < 4.78 is 64.2. The van der Waals surface area contributed by atoms with Crippen molar-refractivity contribution >= 4 is 80.2 Å². The van der Waals surface area contributed by atoms with Crippen molar-refractivity contribution in [3.63, 3.8) is 0 Å². The van der Waals surface area contributed by atoms with E-state index in [0.29, 0.717) is 43.8 Å². The molecule has 5 aromatic carbocycles. The third kappa shape index (κ3) is 20.2. The lowest BCUT2D eigenvalue weighted by Gasteiger charge is -2.40. The molecule has 119 heavy (non-hydrogen) atoms. The summed E-state index contributed by atoms with van der Waals surface area (Å²) in [6, 6.07) is 32.7. The topological polar surface area (TPSA) is 376 Å².